The molecule has 89 valence electrons. The smallest absolute Gasteiger partial charge is 0.0580 e. The van der Waals surface area contributed by atoms with Gasteiger partial charge in [-0.05, 0) is 36.5 Å². The number of hydrogen-bond acceptors (Lipinski definition) is 1. The fourth-order valence-corrected chi connectivity index (χ4v) is 2.41. The van der Waals surface area contributed by atoms with Gasteiger partial charge in [0.05, 0.1) is 12.7 Å². The number of ether oxygens (including phenoxy) is 1. The molecule has 1 fully saturated rings. The van der Waals surface area contributed by atoms with Crippen LogP contribution in [0, 0.1) is 17.3 Å². The van der Waals surface area contributed by atoms with Gasteiger partial charge in [-0.2, -0.15) is 0 Å². The molecule has 15 heavy (non-hydrogen) atoms. The summed E-state index contributed by atoms with van der Waals surface area (Å²) < 4.78 is 5.95. The van der Waals surface area contributed by atoms with Crippen LogP contribution in [0.3, 0.4) is 0 Å². The summed E-state index contributed by atoms with van der Waals surface area (Å²) in [6.45, 7) is 12.3. The minimum Gasteiger partial charge on any atom is -0.378 e. The Morgan fingerprint density at radius 2 is 2.07 bits per heavy atom. The Morgan fingerprint density at radius 1 is 1.40 bits per heavy atom. The number of hydrogen-bond donors (Lipinski definition) is 0. The maximum Gasteiger partial charge on any atom is 0.0580 e. The van der Waals surface area contributed by atoms with Gasteiger partial charge >= 0.3 is 0 Å². The van der Waals surface area contributed by atoms with Gasteiger partial charge in [0, 0.05) is 0 Å². The number of rotatable bonds is 4. The van der Waals surface area contributed by atoms with Crippen molar-refractivity contribution in [3.63, 3.8) is 0 Å². The Bertz CT molecular complexity index is 186. The Hall–Kier alpha value is -0.0400. The molecule has 1 radical (unpaired) electrons. The van der Waals surface area contributed by atoms with Crippen molar-refractivity contribution in [2.24, 2.45) is 11.3 Å². The van der Waals surface area contributed by atoms with Gasteiger partial charge in [-0.3, -0.25) is 0 Å². The van der Waals surface area contributed by atoms with E-state index in [0.717, 1.165) is 12.5 Å². The molecule has 1 nitrogen and oxygen atoms in total. The molecule has 0 saturated heterocycles. The molecular weight excluding hydrogens is 184 g/mol. The summed E-state index contributed by atoms with van der Waals surface area (Å²) >= 11 is 0. The summed E-state index contributed by atoms with van der Waals surface area (Å²) in [4.78, 5) is 0. The molecule has 0 aliphatic heterocycles. The second-order valence-corrected chi connectivity index (χ2v) is 6.05. The Morgan fingerprint density at radius 3 is 2.60 bits per heavy atom. The van der Waals surface area contributed by atoms with Crippen molar-refractivity contribution in [2.75, 3.05) is 6.61 Å². The van der Waals surface area contributed by atoms with E-state index < -0.39 is 0 Å². The van der Waals surface area contributed by atoms with E-state index in [4.69, 9.17) is 4.74 Å². The van der Waals surface area contributed by atoms with Gasteiger partial charge in [-0.1, -0.05) is 41.0 Å². The third-order valence-corrected chi connectivity index (χ3v) is 3.97. The average Bonchev–Trinajstić information content (AvgIpc) is 2.15. The van der Waals surface area contributed by atoms with Crippen molar-refractivity contribution in [1.29, 1.82) is 0 Å². The topological polar surface area (TPSA) is 9.23 Å². The van der Waals surface area contributed by atoms with Crippen molar-refractivity contribution < 1.29 is 4.74 Å². The summed E-state index contributed by atoms with van der Waals surface area (Å²) in [5.74, 6) is 2.16. The zero-order valence-corrected chi connectivity index (χ0v) is 11.1. The molecule has 1 aliphatic rings. The molecule has 0 aromatic carbocycles. The summed E-state index contributed by atoms with van der Waals surface area (Å²) in [6.07, 6.45) is 5.72. The standard InChI is InChI=1S/C14H27O/c1-11(2)10-15-13-7-6-8-14(5,9-13)12(3)4/h12-13H,6-10H2,1-5H3. The van der Waals surface area contributed by atoms with E-state index in [-0.39, 0.29) is 0 Å². The SMILES string of the molecule is C[C](C)COC1CCCC(C)(C(C)C)C1. The highest BCUT2D eigenvalue weighted by molar-refractivity contribution is 4.87. The van der Waals surface area contributed by atoms with E-state index in [9.17, 15) is 0 Å². The first-order chi connectivity index (χ1) is 6.94. The van der Waals surface area contributed by atoms with E-state index >= 15 is 0 Å². The lowest BCUT2D eigenvalue weighted by atomic mass is 9.67. The molecule has 0 spiro atoms. The minimum absolute atomic E-state index is 0.501. The van der Waals surface area contributed by atoms with Crippen LogP contribution in [-0.2, 0) is 4.74 Å². The third-order valence-electron chi connectivity index (χ3n) is 3.97. The van der Waals surface area contributed by atoms with Gasteiger partial charge in [0.15, 0.2) is 0 Å². The highest BCUT2D eigenvalue weighted by Crippen LogP contribution is 2.42. The van der Waals surface area contributed by atoms with E-state index in [1.165, 1.54) is 31.6 Å². The lowest BCUT2D eigenvalue weighted by Gasteiger charge is -2.41. The monoisotopic (exact) mass is 211 g/mol. The molecule has 1 aliphatic carbocycles. The fraction of sp³-hybridized carbons (Fsp3) is 0.929. The predicted molar refractivity (Wildman–Crippen MR) is 65.7 cm³/mol. The van der Waals surface area contributed by atoms with Gasteiger partial charge in [0.2, 0.25) is 0 Å². The van der Waals surface area contributed by atoms with Crippen molar-refractivity contribution in [3.05, 3.63) is 5.92 Å². The quantitative estimate of drug-likeness (QED) is 0.676. The molecule has 0 amide bonds. The first kappa shape index (κ1) is 13.0. The first-order valence-electron chi connectivity index (χ1n) is 6.34. The molecule has 0 N–H and O–H groups in total. The van der Waals surface area contributed by atoms with Gasteiger partial charge in [-0.15, -0.1) is 0 Å². The van der Waals surface area contributed by atoms with Crippen LogP contribution in [0.15, 0.2) is 0 Å². The normalized spacial score (nSPS) is 32.6. The maximum atomic E-state index is 5.95. The summed E-state index contributed by atoms with van der Waals surface area (Å²) in [5, 5.41) is 0. The Kier molecular flexibility index (Phi) is 4.64. The van der Waals surface area contributed by atoms with Crippen molar-refractivity contribution in [2.45, 2.75) is 66.4 Å². The van der Waals surface area contributed by atoms with Gasteiger partial charge < -0.3 is 4.74 Å². The fourth-order valence-electron chi connectivity index (χ4n) is 2.41. The molecule has 2 atom stereocenters. The summed E-state index contributed by atoms with van der Waals surface area (Å²) in [5.41, 5.74) is 0.505. The molecular formula is C14H27O. The van der Waals surface area contributed by atoms with E-state index in [1.807, 2.05) is 0 Å². The largest absolute Gasteiger partial charge is 0.378 e. The molecule has 1 rings (SSSR count). The molecule has 0 heterocycles. The summed E-state index contributed by atoms with van der Waals surface area (Å²) in [7, 11) is 0. The van der Waals surface area contributed by atoms with Crippen LogP contribution in [-0.4, -0.2) is 12.7 Å². The molecule has 0 aromatic heterocycles. The molecule has 0 bridgehead atoms. The van der Waals surface area contributed by atoms with Gasteiger partial charge in [0.25, 0.3) is 0 Å². The minimum atomic E-state index is 0.501. The average molecular weight is 211 g/mol. The lowest BCUT2D eigenvalue weighted by molar-refractivity contribution is -0.0209. The first-order valence-corrected chi connectivity index (χ1v) is 6.34. The highest BCUT2D eigenvalue weighted by atomic mass is 16.5. The van der Waals surface area contributed by atoms with Crippen LogP contribution in [0.5, 0.6) is 0 Å². The highest BCUT2D eigenvalue weighted by Gasteiger charge is 2.35. The summed E-state index contributed by atoms with van der Waals surface area (Å²) in [6, 6.07) is 0. The van der Waals surface area contributed by atoms with Crippen LogP contribution >= 0.6 is 0 Å². The molecule has 0 aromatic rings. The molecule has 2 unspecified atom stereocenters. The van der Waals surface area contributed by atoms with E-state index in [0.29, 0.717) is 11.5 Å². The Labute approximate surface area is 95.6 Å². The van der Waals surface area contributed by atoms with Crippen molar-refractivity contribution >= 4 is 0 Å². The maximum absolute atomic E-state index is 5.95. The van der Waals surface area contributed by atoms with Crippen LogP contribution in [0.25, 0.3) is 0 Å². The van der Waals surface area contributed by atoms with Crippen LogP contribution in [0.2, 0.25) is 0 Å². The second kappa shape index (κ2) is 5.34. The molecule has 1 heteroatoms. The van der Waals surface area contributed by atoms with E-state index in [2.05, 4.69) is 34.6 Å². The predicted octanol–water partition coefficient (Wildman–Crippen LogP) is 4.22. The zero-order chi connectivity index (χ0) is 11.5. The van der Waals surface area contributed by atoms with Crippen LogP contribution in [0.1, 0.15) is 60.3 Å². The lowest BCUT2D eigenvalue weighted by Crippen LogP contribution is -2.34. The van der Waals surface area contributed by atoms with E-state index in [1.54, 1.807) is 0 Å². The zero-order valence-electron chi connectivity index (χ0n) is 11.1. The van der Waals surface area contributed by atoms with Gasteiger partial charge in [0.1, 0.15) is 0 Å². The molecule has 1 saturated carbocycles. The van der Waals surface area contributed by atoms with Crippen LogP contribution < -0.4 is 0 Å². The second-order valence-electron chi connectivity index (χ2n) is 6.05. The Balaban J connectivity index is 2.42. The van der Waals surface area contributed by atoms with Crippen molar-refractivity contribution in [1.82, 2.24) is 0 Å². The van der Waals surface area contributed by atoms with Gasteiger partial charge in [-0.25, -0.2) is 0 Å². The van der Waals surface area contributed by atoms with Crippen molar-refractivity contribution in [3.8, 4) is 0 Å². The van der Waals surface area contributed by atoms with Crippen LogP contribution in [0.4, 0.5) is 0 Å². The third kappa shape index (κ3) is 3.79.